The molecule has 0 amide bonds. The van der Waals surface area contributed by atoms with Crippen LogP contribution in [0.5, 0.6) is 0 Å². The molecule has 5 nitrogen and oxygen atoms in total. The quantitative estimate of drug-likeness (QED) is 0.259. The Labute approximate surface area is 115 Å². The predicted molar refractivity (Wildman–Crippen MR) is 75.3 cm³/mol. The second-order valence-electron chi connectivity index (χ2n) is 4.26. The summed E-state index contributed by atoms with van der Waals surface area (Å²) in [7, 11) is -2.75. The highest BCUT2D eigenvalue weighted by atomic mass is 31.1. The SMILES string of the molecule is CC=CC(=O)OCCCCCCCCCO[PH](=O)O. The van der Waals surface area contributed by atoms with Crippen LogP contribution in [-0.2, 0) is 18.6 Å². The number of rotatable bonds is 12. The molecule has 0 fully saturated rings. The summed E-state index contributed by atoms with van der Waals surface area (Å²) in [4.78, 5) is 19.4. The Hall–Kier alpha value is -0.640. The van der Waals surface area contributed by atoms with Gasteiger partial charge in [0.05, 0.1) is 13.2 Å². The first-order valence-corrected chi connectivity index (χ1v) is 8.08. The third-order valence-corrected chi connectivity index (χ3v) is 3.01. The van der Waals surface area contributed by atoms with E-state index in [0.717, 1.165) is 44.9 Å². The summed E-state index contributed by atoms with van der Waals surface area (Å²) < 4.78 is 19.8. The van der Waals surface area contributed by atoms with Crippen LogP contribution in [0, 0.1) is 0 Å². The van der Waals surface area contributed by atoms with Crippen LogP contribution in [0.25, 0.3) is 0 Å². The molecule has 0 rings (SSSR count). The normalized spacial score (nSPS) is 12.7. The van der Waals surface area contributed by atoms with Crippen molar-refractivity contribution in [2.24, 2.45) is 0 Å². The lowest BCUT2D eigenvalue weighted by Crippen LogP contribution is -2.01. The molecule has 0 aliphatic rings. The maximum Gasteiger partial charge on any atom is 0.330 e. The van der Waals surface area contributed by atoms with Crippen molar-refractivity contribution >= 4 is 14.2 Å². The number of ether oxygens (including phenoxy) is 1. The molecular weight excluding hydrogens is 267 g/mol. The molecule has 0 heterocycles. The topological polar surface area (TPSA) is 72.8 Å². The van der Waals surface area contributed by atoms with E-state index in [1.165, 1.54) is 6.08 Å². The van der Waals surface area contributed by atoms with Gasteiger partial charge in [-0.05, 0) is 19.8 Å². The van der Waals surface area contributed by atoms with Crippen LogP contribution in [0.15, 0.2) is 12.2 Å². The molecule has 1 atom stereocenters. The molecule has 6 heteroatoms. The largest absolute Gasteiger partial charge is 0.463 e. The van der Waals surface area contributed by atoms with Crippen LogP contribution >= 0.6 is 8.25 Å². The van der Waals surface area contributed by atoms with E-state index in [-0.39, 0.29) is 5.97 Å². The van der Waals surface area contributed by atoms with Crippen LogP contribution in [0.2, 0.25) is 0 Å². The van der Waals surface area contributed by atoms with Crippen LogP contribution in [0.4, 0.5) is 0 Å². The third-order valence-electron chi connectivity index (χ3n) is 2.56. The van der Waals surface area contributed by atoms with E-state index in [2.05, 4.69) is 4.52 Å². The lowest BCUT2D eigenvalue weighted by molar-refractivity contribution is -0.137. The van der Waals surface area contributed by atoms with E-state index in [1.807, 2.05) is 0 Å². The Morgan fingerprint density at radius 1 is 1.05 bits per heavy atom. The van der Waals surface area contributed by atoms with Gasteiger partial charge in [-0.3, -0.25) is 4.57 Å². The van der Waals surface area contributed by atoms with Gasteiger partial charge in [0.1, 0.15) is 0 Å². The van der Waals surface area contributed by atoms with Crippen molar-refractivity contribution in [1.29, 1.82) is 0 Å². The van der Waals surface area contributed by atoms with Gasteiger partial charge in [-0.2, -0.15) is 0 Å². The summed E-state index contributed by atoms with van der Waals surface area (Å²) in [6.45, 7) is 2.64. The van der Waals surface area contributed by atoms with Crippen molar-refractivity contribution in [3.8, 4) is 0 Å². The number of carbonyl (C=O) groups excluding carboxylic acids is 1. The van der Waals surface area contributed by atoms with Gasteiger partial charge >= 0.3 is 14.2 Å². The number of unbranched alkanes of at least 4 members (excludes halogenated alkanes) is 6. The molecule has 0 saturated heterocycles. The molecule has 0 aromatic heterocycles. The summed E-state index contributed by atoms with van der Waals surface area (Å²) in [6, 6.07) is 0. The molecule has 0 aliphatic heterocycles. The Morgan fingerprint density at radius 2 is 1.58 bits per heavy atom. The molecule has 0 aromatic carbocycles. The Bertz CT molecular complexity index is 278. The van der Waals surface area contributed by atoms with Gasteiger partial charge in [0.15, 0.2) is 0 Å². The van der Waals surface area contributed by atoms with Gasteiger partial charge in [0, 0.05) is 6.08 Å². The summed E-state index contributed by atoms with van der Waals surface area (Å²) in [6.07, 6.45) is 10.3. The summed E-state index contributed by atoms with van der Waals surface area (Å²) >= 11 is 0. The fraction of sp³-hybridized carbons (Fsp3) is 0.769. The van der Waals surface area contributed by atoms with Crippen molar-refractivity contribution in [3.63, 3.8) is 0 Å². The minimum atomic E-state index is -2.75. The number of hydrogen-bond donors (Lipinski definition) is 1. The zero-order valence-electron chi connectivity index (χ0n) is 11.6. The monoisotopic (exact) mass is 292 g/mol. The minimum absolute atomic E-state index is 0.273. The predicted octanol–water partition coefficient (Wildman–Crippen LogP) is 3.24. The van der Waals surface area contributed by atoms with E-state index in [1.54, 1.807) is 13.0 Å². The van der Waals surface area contributed by atoms with Gasteiger partial charge in [-0.25, -0.2) is 4.79 Å². The maximum atomic E-state index is 11.0. The average molecular weight is 292 g/mol. The van der Waals surface area contributed by atoms with E-state index in [9.17, 15) is 9.36 Å². The van der Waals surface area contributed by atoms with E-state index in [0.29, 0.717) is 13.2 Å². The molecule has 19 heavy (non-hydrogen) atoms. The standard InChI is InChI=1S/C13H25O5P/c1-2-10-13(14)17-11-8-6-4-3-5-7-9-12-18-19(15)16/h2,10,19H,3-9,11-12H2,1H3,(H,15,16). The molecular formula is C13H25O5P. The van der Waals surface area contributed by atoms with Gasteiger partial charge in [-0.15, -0.1) is 0 Å². The van der Waals surface area contributed by atoms with Gasteiger partial charge in [-0.1, -0.05) is 38.2 Å². The van der Waals surface area contributed by atoms with Crippen molar-refractivity contribution in [2.75, 3.05) is 13.2 Å². The average Bonchev–Trinajstić information content (AvgIpc) is 2.36. The Morgan fingerprint density at radius 3 is 2.11 bits per heavy atom. The fourth-order valence-electron chi connectivity index (χ4n) is 1.60. The lowest BCUT2D eigenvalue weighted by Gasteiger charge is -2.03. The van der Waals surface area contributed by atoms with E-state index < -0.39 is 8.25 Å². The maximum absolute atomic E-state index is 11.0. The highest BCUT2D eigenvalue weighted by Crippen LogP contribution is 2.15. The van der Waals surface area contributed by atoms with Crippen LogP contribution < -0.4 is 0 Å². The molecule has 0 radical (unpaired) electrons. The summed E-state index contributed by atoms with van der Waals surface area (Å²) in [5.74, 6) is -0.273. The molecule has 1 unspecified atom stereocenters. The van der Waals surface area contributed by atoms with Crippen LogP contribution in [-0.4, -0.2) is 24.1 Å². The first-order chi connectivity index (χ1) is 9.16. The molecule has 0 saturated carbocycles. The first-order valence-electron chi connectivity index (χ1n) is 6.82. The Kier molecular flexibility index (Phi) is 13.3. The second-order valence-corrected chi connectivity index (χ2v) is 5.08. The fourth-order valence-corrected chi connectivity index (χ4v) is 1.92. The molecule has 0 aromatic rings. The first kappa shape index (κ1) is 18.4. The second kappa shape index (κ2) is 13.8. The third kappa shape index (κ3) is 15.3. The highest BCUT2D eigenvalue weighted by molar-refractivity contribution is 7.32. The van der Waals surface area contributed by atoms with Crippen molar-refractivity contribution in [3.05, 3.63) is 12.2 Å². The minimum Gasteiger partial charge on any atom is -0.463 e. The molecule has 0 spiro atoms. The number of carbonyl (C=O) groups is 1. The van der Waals surface area contributed by atoms with Crippen molar-refractivity contribution < 1.29 is 23.5 Å². The summed E-state index contributed by atoms with van der Waals surface area (Å²) in [5, 5.41) is 0. The molecule has 1 N–H and O–H groups in total. The Balaban J connectivity index is 3.11. The molecule has 0 bridgehead atoms. The highest BCUT2D eigenvalue weighted by Gasteiger charge is 1.97. The molecule has 0 aliphatic carbocycles. The van der Waals surface area contributed by atoms with Crippen molar-refractivity contribution in [1.82, 2.24) is 0 Å². The zero-order valence-corrected chi connectivity index (χ0v) is 12.6. The van der Waals surface area contributed by atoms with Crippen LogP contribution in [0.3, 0.4) is 0 Å². The lowest BCUT2D eigenvalue weighted by atomic mass is 10.1. The molecule has 112 valence electrons. The zero-order chi connectivity index (χ0) is 14.3. The number of esters is 1. The van der Waals surface area contributed by atoms with Crippen LogP contribution in [0.1, 0.15) is 51.9 Å². The van der Waals surface area contributed by atoms with Gasteiger partial charge < -0.3 is 14.2 Å². The number of allylic oxidation sites excluding steroid dienone is 1. The van der Waals surface area contributed by atoms with E-state index >= 15 is 0 Å². The number of hydrogen-bond acceptors (Lipinski definition) is 4. The van der Waals surface area contributed by atoms with Crippen molar-refractivity contribution in [2.45, 2.75) is 51.9 Å². The van der Waals surface area contributed by atoms with E-state index in [4.69, 9.17) is 9.63 Å². The van der Waals surface area contributed by atoms with Gasteiger partial charge in [0.25, 0.3) is 0 Å². The smallest absolute Gasteiger partial charge is 0.330 e. The summed E-state index contributed by atoms with van der Waals surface area (Å²) in [5.41, 5.74) is 0. The van der Waals surface area contributed by atoms with Gasteiger partial charge in [0.2, 0.25) is 0 Å².